The largest absolute Gasteiger partial charge is 0.464 e. The van der Waals surface area contributed by atoms with Crippen LogP contribution in [0.1, 0.15) is 42.1 Å². The molecule has 0 spiro atoms. The first kappa shape index (κ1) is 24.5. The van der Waals surface area contributed by atoms with Crippen LogP contribution in [0.3, 0.4) is 0 Å². The lowest BCUT2D eigenvalue weighted by Crippen LogP contribution is -2.48. The van der Waals surface area contributed by atoms with E-state index in [4.69, 9.17) is 20.6 Å². The standard InChI is InChI=1S/C25H28N4O5/c1-2-33-24(32)21-5-3-4-16-29(21)22(30)15-8-17-6-9-18(10-7-17)23(31)34-20-13-11-19(12-14-20)28-25(26)27/h6-15,21H,2-5,16H2,1H3,(H4,26,27,28)/b15-8+. The van der Waals surface area contributed by atoms with Gasteiger partial charge < -0.3 is 25.4 Å². The number of anilines is 1. The van der Waals surface area contributed by atoms with Crippen LogP contribution >= 0.6 is 0 Å². The Balaban J connectivity index is 1.59. The summed E-state index contributed by atoms with van der Waals surface area (Å²) in [5.41, 5.74) is 6.97. The molecule has 2 aromatic carbocycles. The van der Waals surface area contributed by atoms with Gasteiger partial charge in [0.1, 0.15) is 11.8 Å². The number of benzene rings is 2. The van der Waals surface area contributed by atoms with Crippen LogP contribution in [0.5, 0.6) is 5.75 Å². The zero-order valence-electron chi connectivity index (χ0n) is 19.0. The number of ether oxygens (including phenoxy) is 2. The second-order valence-corrected chi connectivity index (χ2v) is 7.70. The summed E-state index contributed by atoms with van der Waals surface area (Å²) in [5.74, 6) is -0.966. The number of likely N-dealkylation sites (tertiary alicyclic amines) is 1. The van der Waals surface area contributed by atoms with Crippen LogP contribution in [0.2, 0.25) is 0 Å². The summed E-state index contributed by atoms with van der Waals surface area (Å²) in [4.78, 5) is 38.8. The Kier molecular flexibility index (Phi) is 8.39. The van der Waals surface area contributed by atoms with Crippen molar-refractivity contribution in [3.05, 3.63) is 65.7 Å². The van der Waals surface area contributed by atoms with Gasteiger partial charge in [0.25, 0.3) is 0 Å². The minimum Gasteiger partial charge on any atom is -0.464 e. The minimum absolute atomic E-state index is 0.185. The van der Waals surface area contributed by atoms with Gasteiger partial charge in [0.05, 0.1) is 12.2 Å². The number of nitrogens with one attached hydrogen (secondary N) is 2. The van der Waals surface area contributed by atoms with Crippen molar-refractivity contribution in [1.82, 2.24) is 4.90 Å². The van der Waals surface area contributed by atoms with Crippen molar-refractivity contribution in [2.24, 2.45) is 5.73 Å². The molecular formula is C25H28N4O5. The zero-order chi connectivity index (χ0) is 24.5. The number of hydrogen-bond donors (Lipinski definition) is 3. The van der Waals surface area contributed by atoms with Crippen molar-refractivity contribution in [2.45, 2.75) is 32.2 Å². The predicted molar refractivity (Wildman–Crippen MR) is 128 cm³/mol. The molecule has 2 aromatic rings. The molecule has 1 aliphatic heterocycles. The van der Waals surface area contributed by atoms with Gasteiger partial charge in [-0.25, -0.2) is 9.59 Å². The number of rotatable bonds is 7. The summed E-state index contributed by atoms with van der Waals surface area (Å²) in [6, 6.07) is 12.6. The second-order valence-electron chi connectivity index (χ2n) is 7.70. The Bertz CT molecular complexity index is 1060. The normalized spacial score (nSPS) is 15.6. The van der Waals surface area contributed by atoms with E-state index in [2.05, 4.69) is 5.32 Å². The van der Waals surface area contributed by atoms with E-state index in [1.807, 2.05) is 0 Å². The van der Waals surface area contributed by atoms with Crippen LogP contribution in [0.15, 0.2) is 54.6 Å². The van der Waals surface area contributed by atoms with Crippen LogP contribution in [0.4, 0.5) is 5.69 Å². The van der Waals surface area contributed by atoms with Gasteiger partial charge in [-0.3, -0.25) is 10.2 Å². The zero-order valence-corrected chi connectivity index (χ0v) is 19.0. The van der Waals surface area contributed by atoms with Gasteiger partial charge in [0, 0.05) is 18.3 Å². The first-order valence-electron chi connectivity index (χ1n) is 11.1. The molecular weight excluding hydrogens is 436 g/mol. The number of piperidine rings is 1. The summed E-state index contributed by atoms with van der Waals surface area (Å²) in [5, 5.41) is 9.85. The van der Waals surface area contributed by atoms with E-state index in [9.17, 15) is 14.4 Å². The predicted octanol–water partition coefficient (Wildman–Crippen LogP) is 3.17. The van der Waals surface area contributed by atoms with Crippen molar-refractivity contribution >= 4 is 35.6 Å². The highest BCUT2D eigenvalue weighted by molar-refractivity contribution is 5.95. The van der Waals surface area contributed by atoms with Crippen molar-refractivity contribution < 1.29 is 23.9 Å². The van der Waals surface area contributed by atoms with Gasteiger partial charge in [-0.15, -0.1) is 0 Å². The Morgan fingerprint density at radius 3 is 2.47 bits per heavy atom. The lowest BCUT2D eigenvalue weighted by molar-refractivity contribution is -0.155. The SMILES string of the molecule is CCOC(=O)C1CCCCN1C(=O)/C=C/c1ccc(C(=O)Oc2ccc(NC(=N)N)cc2)cc1. The average Bonchev–Trinajstić information content (AvgIpc) is 2.84. The van der Waals surface area contributed by atoms with Crippen LogP contribution in [0, 0.1) is 5.41 Å². The molecule has 34 heavy (non-hydrogen) atoms. The first-order chi connectivity index (χ1) is 16.4. The van der Waals surface area contributed by atoms with Crippen molar-refractivity contribution in [3.8, 4) is 5.75 Å². The monoisotopic (exact) mass is 464 g/mol. The minimum atomic E-state index is -0.546. The molecule has 4 N–H and O–H groups in total. The van der Waals surface area contributed by atoms with E-state index in [-0.39, 0.29) is 24.4 Å². The Morgan fingerprint density at radius 1 is 1.12 bits per heavy atom. The highest BCUT2D eigenvalue weighted by atomic mass is 16.5. The second kappa shape index (κ2) is 11.6. The summed E-state index contributed by atoms with van der Waals surface area (Å²) < 4.78 is 10.5. The third kappa shape index (κ3) is 6.68. The number of nitrogens with two attached hydrogens (primary N) is 1. The van der Waals surface area contributed by atoms with Gasteiger partial charge in [-0.1, -0.05) is 12.1 Å². The molecule has 9 nitrogen and oxygen atoms in total. The number of guanidine groups is 1. The number of carbonyl (C=O) groups is 3. The fourth-order valence-electron chi connectivity index (χ4n) is 3.60. The molecule has 9 heteroatoms. The van der Waals surface area contributed by atoms with E-state index in [1.165, 1.54) is 6.08 Å². The summed E-state index contributed by atoms with van der Waals surface area (Å²) in [7, 11) is 0. The van der Waals surface area contributed by atoms with Crippen LogP contribution in [0.25, 0.3) is 6.08 Å². The highest BCUT2D eigenvalue weighted by Crippen LogP contribution is 2.20. The third-order valence-corrected chi connectivity index (χ3v) is 5.25. The molecule has 0 aromatic heterocycles. The van der Waals surface area contributed by atoms with Gasteiger partial charge in [-0.2, -0.15) is 0 Å². The number of carbonyl (C=O) groups excluding carboxylic acids is 3. The lowest BCUT2D eigenvalue weighted by atomic mass is 10.0. The fourth-order valence-corrected chi connectivity index (χ4v) is 3.60. The summed E-state index contributed by atoms with van der Waals surface area (Å²) >= 11 is 0. The molecule has 3 rings (SSSR count). The Morgan fingerprint density at radius 2 is 1.82 bits per heavy atom. The van der Waals surface area contributed by atoms with Gasteiger partial charge in [0.15, 0.2) is 5.96 Å². The molecule has 0 saturated carbocycles. The van der Waals surface area contributed by atoms with Crippen molar-refractivity contribution in [1.29, 1.82) is 5.41 Å². The molecule has 1 amide bonds. The maximum absolute atomic E-state index is 12.7. The smallest absolute Gasteiger partial charge is 0.343 e. The average molecular weight is 465 g/mol. The fraction of sp³-hybridized carbons (Fsp3) is 0.280. The van der Waals surface area contributed by atoms with Gasteiger partial charge >= 0.3 is 11.9 Å². The van der Waals surface area contributed by atoms with E-state index in [0.717, 1.165) is 18.4 Å². The summed E-state index contributed by atoms with van der Waals surface area (Å²) in [6.07, 6.45) is 5.41. The molecule has 1 fully saturated rings. The molecule has 1 saturated heterocycles. The van der Waals surface area contributed by atoms with Crippen molar-refractivity contribution in [2.75, 3.05) is 18.5 Å². The maximum atomic E-state index is 12.7. The van der Waals surface area contributed by atoms with Gasteiger partial charge in [0.2, 0.25) is 5.91 Å². The Hall–Kier alpha value is -4.14. The number of esters is 2. The van der Waals surface area contributed by atoms with Crippen LogP contribution < -0.4 is 15.8 Å². The molecule has 0 radical (unpaired) electrons. The first-order valence-corrected chi connectivity index (χ1v) is 11.1. The molecule has 178 valence electrons. The number of hydrogen-bond acceptors (Lipinski definition) is 6. The molecule has 1 atom stereocenters. The molecule has 0 aliphatic carbocycles. The van der Waals surface area contributed by atoms with E-state index >= 15 is 0 Å². The lowest BCUT2D eigenvalue weighted by Gasteiger charge is -2.33. The molecule has 1 unspecified atom stereocenters. The van der Waals surface area contributed by atoms with Crippen LogP contribution in [-0.2, 0) is 14.3 Å². The number of amides is 1. The Labute approximate surface area is 198 Å². The van der Waals surface area contributed by atoms with Crippen LogP contribution in [-0.4, -0.2) is 47.9 Å². The molecule has 0 bridgehead atoms. The van der Waals surface area contributed by atoms with E-state index in [0.29, 0.717) is 30.0 Å². The van der Waals surface area contributed by atoms with Gasteiger partial charge in [-0.05, 0) is 74.2 Å². The summed E-state index contributed by atoms with van der Waals surface area (Å²) in [6.45, 7) is 2.55. The quantitative estimate of drug-likeness (QED) is 0.188. The number of nitrogens with zero attached hydrogens (tertiary/aromatic N) is 1. The van der Waals surface area contributed by atoms with Crippen molar-refractivity contribution in [3.63, 3.8) is 0 Å². The van der Waals surface area contributed by atoms with E-state index < -0.39 is 12.0 Å². The molecule has 1 heterocycles. The van der Waals surface area contributed by atoms with E-state index in [1.54, 1.807) is 66.4 Å². The topological polar surface area (TPSA) is 135 Å². The maximum Gasteiger partial charge on any atom is 0.343 e. The highest BCUT2D eigenvalue weighted by Gasteiger charge is 2.32. The molecule has 1 aliphatic rings. The third-order valence-electron chi connectivity index (χ3n) is 5.25.